The monoisotopic (exact) mass is 499 g/mol. The maximum Gasteiger partial charge on any atom is 0.255 e. The number of phenolic OH excluding ortho intramolecular Hbond substituents is 1. The number of phenols is 1. The highest BCUT2D eigenvalue weighted by molar-refractivity contribution is 6.24. The fourth-order valence-corrected chi connectivity index (χ4v) is 6.21. The minimum Gasteiger partial charge on any atom is -0.510 e. The molecule has 0 saturated heterocycles. The number of amides is 1. The largest absolute Gasteiger partial charge is 0.510 e. The van der Waals surface area contributed by atoms with Gasteiger partial charge in [0.05, 0.1) is 11.6 Å². The number of likely N-dealkylation sites (N-methyl/N-ethyl adjacent to an activating group) is 1. The Bertz CT molecular complexity index is 1250. The molecule has 0 heterocycles. The molecule has 0 bridgehead atoms. The SMILES string of the molecule is CCCc1cc(N(C)C)c2c(c1O)C(=O)C1=C(O)[C@]3(O)C(=O)C(C(N)=O)=C(O)[C@@H](N(C)C)[C@@H]3C[C@@H]1C2. The van der Waals surface area contributed by atoms with Crippen molar-refractivity contribution in [2.24, 2.45) is 17.6 Å². The summed E-state index contributed by atoms with van der Waals surface area (Å²) in [5.74, 6) is -6.39. The number of aromatic hydroxyl groups is 1. The lowest BCUT2D eigenvalue weighted by Crippen LogP contribution is -2.63. The zero-order chi connectivity index (χ0) is 26.9. The molecule has 1 aromatic carbocycles. The van der Waals surface area contributed by atoms with Crippen molar-refractivity contribution in [3.8, 4) is 5.75 Å². The van der Waals surface area contributed by atoms with Crippen molar-refractivity contribution in [1.29, 1.82) is 0 Å². The van der Waals surface area contributed by atoms with Gasteiger partial charge in [-0.2, -0.15) is 0 Å². The molecule has 10 nitrogen and oxygen atoms in total. The first-order chi connectivity index (χ1) is 16.8. The summed E-state index contributed by atoms with van der Waals surface area (Å²) in [7, 11) is 6.88. The van der Waals surface area contributed by atoms with E-state index in [0.717, 1.165) is 12.1 Å². The van der Waals surface area contributed by atoms with Gasteiger partial charge >= 0.3 is 0 Å². The number of aliphatic hydroxyl groups excluding tert-OH is 2. The third-order valence-electron chi connectivity index (χ3n) is 7.78. The van der Waals surface area contributed by atoms with Crippen molar-refractivity contribution >= 4 is 23.2 Å². The van der Waals surface area contributed by atoms with E-state index < -0.39 is 58.0 Å². The summed E-state index contributed by atoms with van der Waals surface area (Å²) in [6.45, 7) is 1.95. The molecule has 0 radical (unpaired) electrons. The van der Waals surface area contributed by atoms with Crippen molar-refractivity contribution in [2.45, 2.75) is 44.2 Å². The van der Waals surface area contributed by atoms with Gasteiger partial charge in [0.1, 0.15) is 22.8 Å². The minimum absolute atomic E-state index is 0.0467. The molecular weight excluding hydrogens is 466 g/mol. The highest BCUT2D eigenvalue weighted by Gasteiger charge is 2.63. The third-order valence-corrected chi connectivity index (χ3v) is 7.78. The van der Waals surface area contributed by atoms with Gasteiger partial charge in [-0.05, 0) is 56.5 Å². The van der Waals surface area contributed by atoms with E-state index in [2.05, 4.69) is 0 Å². The number of rotatable bonds is 5. The van der Waals surface area contributed by atoms with Gasteiger partial charge in [0.2, 0.25) is 5.78 Å². The Kier molecular flexibility index (Phi) is 6.17. The molecule has 0 aromatic heterocycles. The van der Waals surface area contributed by atoms with E-state index >= 15 is 0 Å². The fourth-order valence-electron chi connectivity index (χ4n) is 6.21. The number of aryl methyl sites for hydroxylation is 1. The van der Waals surface area contributed by atoms with E-state index in [9.17, 15) is 34.8 Å². The molecule has 36 heavy (non-hydrogen) atoms. The van der Waals surface area contributed by atoms with E-state index in [0.29, 0.717) is 17.5 Å². The second-order valence-corrected chi connectivity index (χ2v) is 10.4. The van der Waals surface area contributed by atoms with Gasteiger partial charge in [0, 0.05) is 31.3 Å². The minimum atomic E-state index is -2.63. The normalized spacial score (nSPS) is 27.7. The maximum absolute atomic E-state index is 13.8. The summed E-state index contributed by atoms with van der Waals surface area (Å²) in [5, 5.41) is 44.9. The van der Waals surface area contributed by atoms with Crippen LogP contribution < -0.4 is 10.6 Å². The van der Waals surface area contributed by atoms with Gasteiger partial charge in [-0.25, -0.2) is 0 Å². The zero-order valence-corrected chi connectivity index (χ0v) is 21.1. The predicted molar refractivity (Wildman–Crippen MR) is 132 cm³/mol. The Morgan fingerprint density at radius 3 is 2.33 bits per heavy atom. The number of primary amides is 1. The number of hydrogen-bond acceptors (Lipinski definition) is 9. The Labute approximate surface area is 209 Å². The highest BCUT2D eigenvalue weighted by atomic mass is 16.3. The molecule has 4 atom stereocenters. The van der Waals surface area contributed by atoms with Crippen LogP contribution in [-0.4, -0.2) is 82.6 Å². The smallest absolute Gasteiger partial charge is 0.255 e. The standard InChI is InChI=1S/C26H33N3O7/c1-6-7-11-10-15(28(2)3)13-8-12-9-14-19(29(4)5)22(32)18(25(27)35)24(34)26(14,36)23(33)16(12)21(31)17(13)20(11)30/h10,12,14,19,30,32-33,36H,6-9H2,1-5H3,(H2,27,35)/t12-,14-,19-,26-/m0/s1. The maximum atomic E-state index is 13.8. The molecule has 1 aromatic rings. The first kappa shape index (κ1) is 25.7. The van der Waals surface area contributed by atoms with Gasteiger partial charge in [-0.1, -0.05) is 13.3 Å². The molecule has 3 aliphatic carbocycles. The van der Waals surface area contributed by atoms with Crippen LogP contribution in [0, 0.1) is 11.8 Å². The number of nitrogens with zero attached hydrogens (tertiary/aromatic N) is 2. The molecule has 0 saturated carbocycles. The molecule has 0 spiro atoms. The summed E-state index contributed by atoms with van der Waals surface area (Å²) < 4.78 is 0. The van der Waals surface area contributed by atoms with Crippen LogP contribution in [-0.2, 0) is 22.4 Å². The number of ketones is 2. The van der Waals surface area contributed by atoms with Crippen molar-refractivity contribution in [2.75, 3.05) is 33.1 Å². The van der Waals surface area contributed by atoms with Crippen LogP contribution in [0.25, 0.3) is 0 Å². The number of hydrogen-bond donors (Lipinski definition) is 5. The Hall–Kier alpha value is -3.37. The number of nitrogens with two attached hydrogens (primary N) is 1. The number of benzene rings is 1. The van der Waals surface area contributed by atoms with E-state index in [4.69, 9.17) is 5.73 Å². The Balaban J connectivity index is 1.99. The number of carbonyl (C=O) groups excluding carboxylic acids is 3. The molecule has 194 valence electrons. The lowest BCUT2D eigenvalue weighted by Gasteiger charge is -2.50. The summed E-state index contributed by atoms with van der Waals surface area (Å²) in [4.78, 5) is 42.7. The average Bonchev–Trinajstić information content (AvgIpc) is 2.77. The van der Waals surface area contributed by atoms with Crippen LogP contribution in [0.15, 0.2) is 28.7 Å². The number of allylic oxidation sites excluding steroid dienone is 1. The van der Waals surface area contributed by atoms with Crippen LogP contribution in [0.1, 0.15) is 41.3 Å². The second kappa shape index (κ2) is 8.63. The highest BCUT2D eigenvalue weighted by Crippen LogP contribution is 2.53. The first-order valence-electron chi connectivity index (χ1n) is 12.0. The van der Waals surface area contributed by atoms with Crippen molar-refractivity contribution in [3.05, 3.63) is 45.4 Å². The zero-order valence-electron chi connectivity index (χ0n) is 21.1. The topological polar surface area (TPSA) is 165 Å². The van der Waals surface area contributed by atoms with Crippen LogP contribution in [0.3, 0.4) is 0 Å². The molecule has 4 rings (SSSR count). The van der Waals surface area contributed by atoms with Crippen LogP contribution >= 0.6 is 0 Å². The van der Waals surface area contributed by atoms with Gasteiger partial charge < -0.3 is 31.1 Å². The van der Waals surface area contributed by atoms with Crippen LogP contribution in [0.4, 0.5) is 5.69 Å². The molecule has 6 N–H and O–H groups in total. The van der Waals surface area contributed by atoms with Crippen molar-refractivity contribution < 1.29 is 34.8 Å². The number of aliphatic hydroxyl groups is 3. The van der Waals surface area contributed by atoms with Crippen molar-refractivity contribution in [1.82, 2.24) is 4.90 Å². The molecule has 1 amide bonds. The second-order valence-electron chi connectivity index (χ2n) is 10.4. The van der Waals surface area contributed by atoms with Crippen LogP contribution in [0.5, 0.6) is 5.75 Å². The lowest BCUT2D eigenvalue weighted by atomic mass is 9.58. The quantitative estimate of drug-likeness (QED) is 0.374. The molecular formula is C26H33N3O7. The summed E-state index contributed by atoms with van der Waals surface area (Å²) >= 11 is 0. The molecule has 0 fully saturated rings. The summed E-state index contributed by atoms with van der Waals surface area (Å²) in [6.07, 6.45) is 1.60. The van der Waals surface area contributed by atoms with Gasteiger partial charge in [0.15, 0.2) is 11.4 Å². The summed E-state index contributed by atoms with van der Waals surface area (Å²) in [5.41, 5.74) is 3.78. The van der Waals surface area contributed by atoms with Crippen molar-refractivity contribution in [3.63, 3.8) is 0 Å². The van der Waals surface area contributed by atoms with Gasteiger partial charge in [-0.3, -0.25) is 19.3 Å². The number of Topliss-reactive ketones (excluding diaryl/α,β-unsaturated/α-hetero) is 2. The Morgan fingerprint density at radius 2 is 1.81 bits per heavy atom. The molecule has 10 heteroatoms. The lowest BCUT2D eigenvalue weighted by molar-refractivity contribution is -0.148. The van der Waals surface area contributed by atoms with E-state index in [1.54, 1.807) is 14.1 Å². The average molecular weight is 500 g/mol. The summed E-state index contributed by atoms with van der Waals surface area (Å²) in [6, 6.07) is 0.850. The molecule has 0 unspecified atom stereocenters. The fraction of sp³-hybridized carbons (Fsp3) is 0.500. The van der Waals surface area contributed by atoms with E-state index in [-0.39, 0.29) is 29.7 Å². The predicted octanol–water partition coefficient (Wildman–Crippen LogP) is 1.14. The number of anilines is 1. The van der Waals surface area contributed by atoms with Crippen LogP contribution in [0.2, 0.25) is 0 Å². The Morgan fingerprint density at radius 1 is 1.17 bits per heavy atom. The number of fused-ring (bicyclic) bond motifs is 3. The first-order valence-corrected chi connectivity index (χ1v) is 12.0. The molecule has 0 aliphatic heterocycles. The molecule has 3 aliphatic rings. The van der Waals surface area contributed by atoms with E-state index in [1.807, 2.05) is 32.0 Å². The van der Waals surface area contributed by atoms with Gasteiger partial charge in [0.25, 0.3) is 5.91 Å². The third kappa shape index (κ3) is 3.35. The van der Waals surface area contributed by atoms with Gasteiger partial charge in [-0.15, -0.1) is 0 Å². The number of carbonyl (C=O) groups is 3. The van der Waals surface area contributed by atoms with E-state index in [1.165, 1.54) is 4.90 Å².